The van der Waals surface area contributed by atoms with Crippen LogP contribution in [0.15, 0.2) is 24.4 Å². The maximum atomic E-state index is 11.9. The number of amides is 1. The molecule has 2 rings (SSSR count). The average Bonchev–Trinajstić information content (AvgIpc) is 2.99. The number of halogens is 1. The van der Waals surface area contributed by atoms with Gasteiger partial charge >= 0.3 is 5.97 Å². The molecule has 1 N–H and O–H groups in total. The van der Waals surface area contributed by atoms with Crippen molar-refractivity contribution in [2.45, 2.75) is 13.5 Å². The average molecular weight is 314 g/mol. The molecule has 6 nitrogen and oxygen atoms in total. The van der Waals surface area contributed by atoms with Gasteiger partial charge in [-0.1, -0.05) is 11.6 Å². The normalized spacial score (nSPS) is 10.3. The summed E-state index contributed by atoms with van der Waals surface area (Å²) in [6.07, 6.45) is 1.59. The zero-order chi connectivity index (χ0) is 14.5. The third-order valence-corrected chi connectivity index (χ3v) is 3.51. The Kier molecular flexibility index (Phi) is 4.75. The van der Waals surface area contributed by atoms with Crippen molar-refractivity contribution in [1.29, 1.82) is 0 Å². The van der Waals surface area contributed by atoms with Gasteiger partial charge in [0.1, 0.15) is 6.54 Å². The number of thiophene rings is 1. The Balaban J connectivity index is 1.95. The van der Waals surface area contributed by atoms with Gasteiger partial charge in [-0.15, -0.1) is 11.3 Å². The minimum absolute atomic E-state index is 0.00847. The minimum atomic E-state index is -0.376. The van der Waals surface area contributed by atoms with Crippen molar-refractivity contribution < 1.29 is 14.3 Å². The van der Waals surface area contributed by atoms with Gasteiger partial charge in [-0.05, 0) is 19.1 Å². The number of carbonyl (C=O) groups excluding carboxylic acids is 2. The molecule has 0 saturated heterocycles. The van der Waals surface area contributed by atoms with Crippen molar-refractivity contribution >= 4 is 40.6 Å². The van der Waals surface area contributed by atoms with E-state index in [1.165, 1.54) is 16.0 Å². The van der Waals surface area contributed by atoms with Crippen LogP contribution < -0.4 is 5.32 Å². The minimum Gasteiger partial charge on any atom is -0.465 e. The number of anilines is 1. The molecule has 106 valence electrons. The fourth-order valence-corrected chi connectivity index (χ4v) is 2.41. The quantitative estimate of drug-likeness (QED) is 0.860. The second-order valence-corrected chi connectivity index (χ2v) is 5.48. The number of rotatable bonds is 5. The van der Waals surface area contributed by atoms with Gasteiger partial charge < -0.3 is 10.1 Å². The lowest BCUT2D eigenvalue weighted by Crippen LogP contribution is -2.15. The molecule has 0 spiro atoms. The summed E-state index contributed by atoms with van der Waals surface area (Å²) < 4.78 is 6.75. The number of aromatic nitrogens is 2. The van der Waals surface area contributed by atoms with Crippen LogP contribution in [0, 0.1) is 0 Å². The van der Waals surface area contributed by atoms with E-state index in [-0.39, 0.29) is 18.4 Å². The number of ether oxygens (including phenoxy) is 1. The summed E-state index contributed by atoms with van der Waals surface area (Å²) >= 11 is 6.95. The molecule has 2 heterocycles. The van der Waals surface area contributed by atoms with Gasteiger partial charge in [-0.25, -0.2) is 0 Å². The molecule has 0 unspecified atom stereocenters. The number of hydrogen-bond donors (Lipinski definition) is 1. The number of nitrogens with one attached hydrogen (secondary N) is 1. The number of carbonyl (C=O) groups is 2. The molecule has 0 aliphatic heterocycles. The predicted octanol–water partition coefficient (Wildman–Crippen LogP) is 2.41. The lowest BCUT2D eigenvalue weighted by atomic mass is 10.4. The van der Waals surface area contributed by atoms with E-state index in [9.17, 15) is 9.59 Å². The summed E-state index contributed by atoms with van der Waals surface area (Å²) in [5, 5.41) is 6.69. The lowest BCUT2D eigenvalue weighted by Gasteiger charge is -2.02. The summed E-state index contributed by atoms with van der Waals surface area (Å²) in [5.41, 5.74) is 0. The third kappa shape index (κ3) is 3.82. The van der Waals surface area contributed by atoms with Crippen molar-refractivity contribution in [3.63, 3.8) is 0 Å². The highest BCUT2D eigenvalue weighted by atomic mass is 35.5. The van der Waals surface area contributed by atoms with Crippen LogP contribution in [-0.4, -0.2) is 28.3 Å². The molecule has 1 amide bonds. The second kappa shape index (κ2) is 6.53. The van der Waals surface area contributed by atoms with E-state index < -0.39 is 0 Å². The molecular formula is C12H12ClN3O3S. The molecule has 0 aliphatic rings. The molecular weight excluding hydrogens is 302 g/mol. The number of esters is 1. The van der Waals surface area contributed by atoms with E-state index >= 15 is 0 Å². The Morgan fingerprint density at radius 3 is 2.90 bits per heavy atom. The topological polar surface area (TPSA) is 73.2 Å². The van der Waals surface area contributed by atoms with Crippen LogP contribution >= 0.6 is 22.9 Å². The first-order valence-corrected chi connectivity index (χ1v) is 7.03. The summed E-state index contributed by atoms with van der Waals surface area (Å²) in [7, 11) is 0. The van der Waals surface area contributed by atoms with E-state index in [0.717, 1.165) is 0 Å². The lowest BCUT2D eigenvalue weighted by molar-refractivity contribution is -0.144. The van der Waals surface area contributed by atoms with Crippen molar-refractivity contribution in [2.24, 2.45) is 0 Å². The highest BCUT2D eigenvalue weighted by Gasteiger charge is 2.11. The van der Waals surface area contributed by atoms with Gasteiger partial charge in [0.2, 0.25) is 0 Å². The monoisotopic (exact) mass is 313 g/mol. The van der Waals surface area contributed by atoms with E-state index in [2.05, 4.69) is 10.4 Å². The molecule has 0 bridgehead atoms. The standard InChI is InChI=1S/C12H12ClN3O3S/c1-2-19-11(17)7-16-6-5-10(15-16)14-12(18)8-3-4-9(13)20-8/h3-6H,2,7H2,1H3,(H,14,15,18). The van der Waals surface area contributed by atoms with Crippen LogP contribution in [0.25, 0.3) is 0 Å². The highest BCUT2D eigenvalue weighted by Crippen LogP contribution is 2.22. The Labute approximate surface area is 124 Å². The Morgan fingerprint density at radius 1 is 1.45 bits per heavy atom. The molecule has 0 aliphatic carbocycles. The molecule has 0 atom stereocenters. The van der Waals surface area contributed by atoms with Crippen molar-refractivity contribution in [3.05, 3.63) is 33.6 Å². The molecule has 0 radical (unpaired) electrons. The van der Waals surface area contributed by atoms with Gasteiger partial charge in [-0.2, -0.15) is 5.10 Å². The third-order valence-electron chi connectivity index (χ3n) is 2.28. The fraction of sp³-hybridized carbons (Fsp3) is 0.250. The van der Waals surface area contributed by atoms with Gasteiger partial charge in [0.15, 0.2) is 5.82 Å². The molecule has 2 aromatic rings. The Morgan fingerprint density at radius 2 is 2.25 bits per heavy atom. The zero-order valence-corrected chi connectivity index (χ0v) is 12.2. The Bertz CT molecular complexity index is 623. The molecule has 2 aromatic heterocycles. The first-order chi connectivity index (χ1) is 9.58. The van der Waals surface area contributed by atoms with Crippen molar-refractivity contribution in [3.8, 4) is 0 Å². The van der Waals surface area contributed by atoms with E-state index in [4.69, 9.17) is 16.3 Å². The van der Waals surface area contributed by atoms with Crippen LogP contribution in [0.1, 0.15) is 16.6 Å². The summed E-state index contributed by atoms with van der Waals surface area (Å²) in [4.78, 5) is 23.6. The highest BCUT2D eigenvalue weighted by molar-refractivity contribution is 7.18. The molecule has 0 saturated carbocycles. The van der Waals surface area contributed by atoms with Crippen LogP contribution in [0.5, 0.6) is 0 Å². The maximum absolute atomic E-state index is 11.9. The van der Waals surface area contributed by atoms with E-state index in [1.54, 1.807) is 31.3 Å². The molecule has 8 heteroatoms. The van der Waals surface area contributed by atoms with Crippen LogP contribution in [0.2, 0.25) is 4.34 Å². The first-order valence-electron chi connectivity index (χ1n) is 5.84. The summed E-state index contributed by atoms with van der Waals surface area (Å²) in [6, 6.07) is 4.89. The summed E-state index contributed by atoms with van der Waals surface area (Å²) in [5.74, 6) is -0.300. The van der Waals surface area contributed by atoms with Crippen LogP contribution in [0.3, 0.4) is 0 Å². The van der Waals surface area contributed by atoms with E-state index in [0.29, 0.717) is 21.6 Å². The Hall–Kier alpha value is -1.86. The van der Waals surface area contributed by atoms with Gasteiger partial charge in [0.05, 0.1) is 15.8 Å². The zero-order valence-electron chi connectivity index (χ0n) is 10.6. The number of nitrogens with zero attached hydrogens (tertiary/aromatic N) is 2. The molecule has 0 aromatic carbocycles. The molecule has 0 fully saturated rings. The van der Waals surface area contributed by atoms with Crippen LogP contribution in [-0.2, 0) is 16.1 Å². The second-order valence-electron chi connectivity index (χ2n) is 3.76. The van der Waals surface area contributed by atoms with Gasteiger partial charge in [0, 0.05) is 12.3 Å². The largest absolute Gasteiger partial charge is 0.465 e. The molecule has 20 heavy (non-hydrogen) atoms. The van der Waals surface area contributed by atoms with Crippen molar-refractivity contribution in [2.75, 3.05) is 11.9 Å². The van der Waals surface area contributed by atoms with E-state index in [1.807, 2.05) is 0 Å². The SMILES string of the molecule is CCOC(=O)Cn1ccc(NC(=O)c2ccc(Cl)s2)n1. The van der Waals surface area contributed by atoms with Gasteiger partial charge in [-0.3, -0.25) is 14.3 Å². The summed E-state index contributed by atoms with van der Waals surface area (Å²) in [6.45, 7) is 2.07. The predicted molar refractivity (Wildman–Crippen MR) is 76.1 cm³/mol. The number of hydrogen-bond acceptors (Lipinski definition) is 5. The van der Waals surface area contributed by atoms with Gasteiger partial charge in [0.25, 0.3) is 5.91 Å². The smallest absolute Gasteiger partial charge is 0.327 e. The maximum Gasteiger partial charge on any atom is 0.327 e. The van der Waals surface area contributed by atoms with Crippen LogP contribution in [0.4, 0.5) is 5.82 Å². The fourth-order valence-electron chi connectivity index (χ4n) is 1.47. The first kappa shape index (κ1) is 14.5. The van der Waals surface area contributed by atoms with Crippen molar-refractivity contribution in [1.82, 2.24) is 9.78 Å².